The lowest BCUT2D eigenvalue weighted by atomic mass is 10.0. The molecule has 0 N–H and O–H groups in total. The Morgan fingerprint density at radius 3 is 1.75 bits per heavy atom. The first-order valence-corrected chi connectivity index (χ1v) is 6.86. The largest absolute Gasteiger partial charge is 0.465 e. The molecular formula is C17H16O3. The Balaban J connectivity index is 1.91. The van der Waals surface area contributed by atoms with Crippen LogP contribution in [0.15, 0.2) is 56.8 Å². The summed E-state index contributed by atoms with van der Waals surface area (Å²) in [5.41, 5.74) is 1.63. The van der Waals surface area contributed by atoms with E-state index in [0.717, 1.165) is 48.3 Å². The van der Waals surface area contributed by atoms with Crippen LogP contribution in [0.4, 0.5) is 0 Å². The van der Waals surface area contributed by atoms with Crippen molar-refractivity contribution in [2.24, 2.45) is 0 Å². The fourth-order valence-electron chi connectivity index (χ4n) is 2.43. The molecule has 0 spiro atoms. The molecule has 1 aliphatic rings. The number of carbonyl (C=O) groups excluding carboxylic acids is 1. The van der Waals surface area contributed by atoms with Crippen molar-refractivity contribution < 1.29 is 13.6 Å². The molecule has 1 fully saturated rings. The average Bonchev–Trinajstić information content (AvgIpc) is 3.10. The van der Waals surface area contributed by atoms with Crippen LogP contribution >= 0.6 is 0 Å². The van der Waals surface area contributed by atoms with Gasteiger partial charge in [0.25, 0.3) is 0 Å². The van der Waals surface area contributed by atoms with Gasteiger partial charge in [0, 0.05) is 11.1 Å². The van der Waals surface area contributed by atoms with Gasteiger partial charge < -0.3 is 8.83 Å². The molecule has 0 aliphatic heterocycles. The van der Waals surface area contributed by atoms with E-state index in [9.17, 15) is 4.79 Å². The summed E-state index contributed by atoms with van der Waals surface area (Å²) in [4.78, 5) is 12.6. The lowest BCUT2D eigenvalue weighted by Gasteiger charge is -2.03. The molecule has 1 saturated carbocycles. The zero-order valence-corrected chi connectivity index (χ0v) is 11.2. The Hall–Kier alpha value is -2.29. The van der Waals surface area contributed by atoms with Crippen LogP contribution in [0.25, 0.3) is 12.2 Å². The summed E-state index contributed by atoms with van der Waals surface area (Å²) in [6.45, 7) is 0. The second kappa shape index (κ2) is 5.78. The summed E-state index contributed by atoms with van der Waals surface area (Å²) >= 11 is 0. The lowest BCUT2D eigenvalue weighted by Crippen LogP contribution is -2.03. The molecule has 0 atom stereocenters. The maximum absolute atomic E-state index is 12.6. The van der Waals surface area contributed by atoms with E-state index in [2.05, 4.69) is 0 Å². The van der Waals surface area contributed by atoms with E-state index in [1.807, 2.05) is 36.4 Å². The Kier molecular flexibility index (Phi) is 3.68. The van der Waals surface area contributed by atoms with Gasteiger partial charge in [0.2, 0.25) is 0 Å². The number of hydrogen-bond acceptors (Lipinski definition) is 3. The summed E-state index contributed by atoms with van der Waals surface area (Å²) in [6.07, 6.45) is 10.6. The van der Waals surface area contributed by atoms with E-state index in [1.54, 1.807) is 12.5 Å². The molecule has 0 aromatic carbocycles. The summed E-state index contributed by atoms with van der Waals surface area (Å²) in [5, 5.41) is 0. The Bertz CT molecular complexity index is 572. The molecule has 0 amide bonds. The highest BCUT2D eigenvalue weighted by atomic mass is 16.3. The Morgan fingerprint density at radius 2 is 1.35 bits per heavy atom. The number of furan rings is 2. The predicted octanol–water partition coefficient (Wildman–Crippen LogP) is 4.48. The first kappa shape index (κ1) is 12.7. The van der Waals surface area contributed by atoms with Crippen molar-refractivity contribution in [3.63, 3.8) is 0 Å². The van der Waals surface area contributed by atoms with Gasteiger partial charge in [-0.15, -0.1) is 0 Å². The molecule has 20 heavy (non-hydrogen) atoms. The zero-order chi connectivity index (χ0) is 13.8. The quantitative estimate of drug-likeness (QED) is 0.595. The molecule has 3 rings (SSSR count). The maximum atomic E-state index is 12.6. The second-order valence-corrected chi connectivity index (χ2v) is 4.91. The molecular weight excluding hydrogens is 252 g/mol. The molecule has 102 valence electrons. The van der Waals surface area contributed by atoms with Crippen molar-refractivity contribution in [2.45, 2.75) is 25.7 Å². The number of Topliss-reactive ketones (excluding diaryl/α,β-unsaturated/α-hetero) is 1. The van der Waals surface area contributed by atoms with Crippen LogP contribution in [0.5, 0.6) is 0 Å². The first-order chi connectivity index (χ1) is 9.83. The first-order valence-electron chi connectivity index (χ1n) is 6.86. The predicted molar refractivity (Wildman–Crippen MR) is 76.8 cm³/mol. The van der Waals surface area contributed by atoms with Crippen molar-refractivity contribution in [1.29, 1.82) is 0 Å². The SMILES string of the molecule is O=C1/C(=C/c2ccco2)CCCC/C1=C\c1ccco1. The molecule has 2 aromatic rings. The number of carbonyl (C=O) groups is 1. The standard InChI is InChI=1S/C17H16O3/c18-17-13(11-15-7-3-9-19-15)5-1-2-6-14(17)12-16-8-4-10-20-16/h3-4,7-12H,1-2,5-6H2/b13-11+,14-12+. The lowest BCUT2D eigenvalue weighted by molar-refractivity contribution is -0.112. The van der Waals surface area contributed by atoms with Gasteiger partial charge in [0.1, 0.15) is 11.5 Å². The summed E-state index contributed by atoms with van der Waals surface area (Å²) in [6, 6.07) is 7.38. The van der Waals surface area contributed by atoms with Crippen LogP contribution in [-0.2, 0) is 4.79 Å². The third kappa shape index (κ3) is 2.82. The van der Waals surface area contributed by atoms with Crippen molar-refractivity contribution in [2.75, 3.05) is 0 Å². The van der Waals surface area contributed by atoms with Crippen molar-refractivity contribution >= 4 is 17.9 Å². The minimum Gasteiger partial charge on any atom is -0.465 e. The molecule has 0 saturated heterocycles. The van der Waals surface area contributed by atoms with Crippen LogP contribution in [0, 0.1) is 0 Å². The normalized spacial score (nSPS) is 20.5. The van der Waals surface area contributed by atoms with E-state index in [1.165, 1.54) is 0 Å². The van der Waals surface area contributed by atoms with Crippen LogP contribution in [-0.4, -0.2) is 5.78 Å². The molecule has 0 bridgehead atoms. The third-order valence-electron chi connectivity index (χ3n) is 3.44. The van der Waals surface area contributed by atoms with E-state index in [4.69, 9.17) is 8.83 Å². The van der Waals surface area contributed by atoms with Crippen molar-refractivity contribution in [1.82, 2.24) is 0 Å². The number of ketones is 1. The van der Waals surface area contributed by atoms with E-state index < -0.39 is 0 Å². The number of rotatable bonds is 2. The van der Waals surface area contributed by atoms with Crippen LogP contribution in [0.2, 0.25) is 0 Å². The average molecular weight is 268 g/mol. The molecule has 0 radical (unpaired) electrons. The van der Waals surface area contributed by atoms with Gasteiger partial charge in [-0.25, -0.2) is 0 Å². The monoisotopic (exact) mass is 268 g/mol. The van der Waals surface area contributed by atoms with Crippen LogP contribution in [0.1, 0.15) is 37.2 Å². The van der Waals surface area contributed by atoms with Gasteiger partial charge in [-0.05, 0) is 62.1 Å². The van der Waals surface area contributed by atoms with E-state index in [0.29, 0.717) is 0 Å². The van der Waals surface area contributed by atoms with Gasteiger partial charge in [0.15, 0.2) is 5.78 Å². The van der Waals surface area contributed by atoms with Crippen LogP contribution < -0.4 is 0 Å². The molecule has 0 unspecified atom stereocenters. The second-order valence-electron chi connectivity index (χ2n) is 4.91. The van der Waals surface area contributed by atoms with Crippen molar-refractivity contribution in [3.8, 4) is 0 Å². The highest BCUT2D eigenvalue weighted by Crippen LogP contribution is 2.27. The third-order valence-corrected chi connectivity index (χ3v) is 3.44. The highest BCUT2D eigenvalue weighted by Gasteiger charge is 2.19. The molecule has 2 aromatic heterocycles. The number of allylic oxidation sites excluding steroid dienone is 2. The topological polar surface area (TPSA) is 43.4 Å². The maximum Gasteiger partial charge on any atom is 0.185 e. The van der Waals surface area contributed by atoms with Gasteiger partial charge in [0.05, 0.1) is 12.5 Å². The van der Waals surface area contributed by atoms with Gasteiger partial charge in [-0.2, -0.15) is 0 Å². The molecule has 2 heterocycles. The summed E-state index contributed by atoms with van der Waals surface area (Å²) in [5.74, 6) is 1.57. The fourth-order valence-corrected chi connectivity index (χ4v) is 2.43. The highest BCUT2D eigenvalue weighted by molar-refractivity contribution is 6.13. The fraction of sp³-hybridized carbons (Fsp3) is 0.235. The van der Waals surface area contributed by atoms with E-state index in [-0.39, 0.29) is 5.78 Å². The Labute approximate surface area is 117 Å². The smallest absolute Gasteiger partial charge is 0.185 e. The minimum atomic E-state index is 0.107. The van der Waals surface area contributed by atoms with Crippen LogP contribution in [0.3, 0.4) is 0 Å². The zero-order valence-electron chi connectivity index (χ0n) is 11.2. The summed E-state index contributed by atoms with van der Waals surface area (Å²) in [7, 11) is 0. The van der Waals surface area contributed by atoms with Gasteiger partial charge in [-0.1, -0.05) is 0 Å². The molecule has 3 heteroatoms. The minimum absolute atomic E-state index is 0.107. The van der Waals surface area contributed by atoms with Crippen molar-refractivity contribution in [3.05, 3.63) is 59.5 Å². The Morgan fingerprint density at radius 1 is 0.850 bits per heavy atom. The molecule has 1 aliphatic carbocycles. The van der Waals surface area contributed by atoms with Gasteiger partial charge in [-0.3, -0.25) is 4.79 Å². The molecule has 3 nitrogen and oxygen atoms in total. The number of hydrogen-bond donors (Lipinski definition) is 0. The van der Waals surface area contributed by atoms with Gasteiger partial charge >= 0.3 is 0 Å². The van der Waals surface area contributed by atoms with E-state index >= 15 is 0 Å². The summed E-state index contributed by atoms with van der Waals surface area (Å²) < 4.78 is 10.6.